The molecule has 2 heterocycles. The van der Waals surface area contributed by atoms with Gasteiger partial charge in [-0.2, -0.15) is 0 Å². The van der Waals surface area contributed by atoms with Crippen LogP contribution in [-0.2, 0) is 27.4 Å². The molecule has 0 radical (unpaired) electrons. The fraction of sp³-hybridized carbons (Fsp3) is 0.0714. The van der Waals surface area contributed by atoms with Gasteiger partial charge in [-0.25, -0.2) is 0 Å². The number of carboxylic acid groups (broad SMARTS) is 2. The smallest absolute Gasteiger partial charge is 0.545 e. The molecule has 4 aromatic rings. The molecule has 0 saturated carbocycles. The van der Waals surface area contributed by atoms with Crippen LogP contribution in [0, 0.1) is 0 Å². The molecule has 0 unspecified atom stereocenters. The predicted molar refractivity (Wildman–Crippen MR) is 157 cm³/mol. The van der Waals surface area contributed by atoms with E-state index >= 15 is 0 Å². The van der Waals surface area contributed by atoms with Gasteiger partial charge in [0.1, 0.15) is 11.5 Å². The van der Waals surface area contributed by atoms with E-state index in [0.717, 1.165) is 0 Å². The molecule has 16 nitrogen and oxygen atoms in total. The Balaban J connectivity index is -0.000000153. The Hall–Kier alpha value is -5.45. The zero-order valence-corrected chi connectivity index (χ0v) is 25.0. The number of benzene rings is 2. The fourth-order valence-corrected chi connectivity index (χ4v) is 2.47. The number of primary amides is 2. The summed E-state index contributed by atoms with van der Waals surface area (Å²) in [5, 5.41) is 20.5. The molecule has 0 atom stereocenters. The monoisotopic (exact) mass is 678 g/mol. The van der Waals surface area contributed by atoms with Gasteiger partial charge in [0, 0.05) is 24.8 Å². The molecule has 2 aromatic heterocycles. The molecule has 248 valence electrons. The van der Waals surface area contributed by atoms with Crippen LogP contribution in [0.15, 0.2) is 97.6 Å². The predicted octanol–water partition coefficient (Wildman–Crippen LogP) is -3.02. The van der Waals surface area contributed by atoms with Crippen LogP contribution < -0.4 is 31.2 Å². The SMILES string of the molecule is COc1ccc(C(=O)[O-])cc1.COc1ccc(C(=O)[O-])cc1.NC(=O)c1cccnc1.NC(=O)c1cccnc1.O.O.[Ni+2].[OH3+].[OH3+]. The van der Waals surface area contributed by atoms with Gasteiger partial charge in [-0.1, -0.05) is 0 Å². The molecule has 2 aromatic carbocycles. The van der Waals surface area contributed by atoms with E-state index in [1.165, 1.54) is 50.9 Å². The van der Waals surface area contributed by atoms with Gasteiger partial charge in [0.2, 0.25) is 11.8 Å². The van der Waals surface area contributed by atoms with E-state index in [9.17, 15) is 29.4 Å². The second-order valence-electron chi connectivity index (χ2n) is 7.24. The Morgan fingerprint density at radius 3 is 1.02 bits per heavy atom. The second-order valence-corrected chi connectivity index (χ2v) is 7.24. The first-order valence-corrected chi connectivity index (χ1v) is 11.2. The van der Waals surface area contributed by atoms with Crippen LogP contribution in [0.3, 0.4) is 0 Å². The molecule has 17 heteroatoms. The molecule has 0 spiro atoms. The van der Waals surface area contributed by atoms with E-state index in [2.05, 4.69) is 9.97 Å². The number of amides is 2. The van der Waals surface area contributed by atoms with Crippen molar-refractivity contribution in [2.75, 3.05) is 14.2 Å². The minimum Gasteiger partial charge on any atom is -0.545 e. The van der Waals surface area contributed by atoms with Crippen LogP contribution in [0.2, 0.25) is 0 Å². The molecular formula is C28H36N4NiO12+2. The Labute approximate surface area is 267 Å². The van der Waals surface area contributed by atoms with Crippen molar-refractivity contribution in [1.29, 1.82) is 0 Å². The number of hydrogen-bond acceptors (Lipinski definition) is 10. The van der Waals surface area contributed by atoms with Crippen LogP contribution >= 0.6 is 0 Å². The van der Waals surface area contributed by atoms with Crippen molar-refractivity contribution >= 4 is 23.8 Å². The normalized spacial score (nSPS) is 8.04. The van der Waals surface area contributed by atoms with Crippen LogP contribution in [-0.4, -0.2) is 58.9 Å². The van der Waals surface area contributed by atoms with Gasteiger partial charge in [-0.05, 0) is 83.9 Å². The first-order valence-electron chi connectivity index (χ1n) is 11.2. The molecule has 0 bridgehead atoms. The third-order valence-electron chi connectivity index (χ3n) is 4.54. The van der Waals surface area contributed by atoms with Gasteiger partial charge in [0.25, 0.3) is 0 Å². The number of nitrogens with zero attached hydrogens (tertiary/aromatic N) is 2. The Morgan fingerprint density at radius 1 is 0.578 bits per heavy atom. The minimum absolute atomic E-state index is 0. The van der Waals surface area contributed by atoms with Crippen LogP contribution in [0.5, 0.6) is 11.5 Å². The van der Waals surface area contributed by atoms with Gasteiger partial charge in [-0.3, -0.25) is 19.6 Å². The van der Waals surface area contributed by atoms with Crippen molar-refractivity contribution in [3.63, 3.8) is 0 Å². The average Bonchev–Trinajstić information content (AvgIpc) is 2.99. The maximum atomic E-state index is 10.4. The standard InChI is InChI=1S/2C8H8O3.2C6H6N2O.Ni.4H2O/c2*1-11-7-4-2-6(3-5-7)8(9)10;2*7-6(9)5-2-1-3-8-4-5;;;;;/h2*2-5H,1H3,(H,9,10);2*1-4H,(H2,7,9);;4*1H2/q;;;;+2;;;;. The summed E-state index contributed by atoms with van der Waals surface area (Å²) in [5.41, 5.74) is 11.1. The van der Waals surface area contributed by atoms with E-state index < -0.39 is 23.8 Å². The molecule has 14 N–H and O–H groups in total. The number of aromatic carboxylic acids is 2. The molecule has 0 aliphatic rings. The van der Waals surface area contributed by atoms with Crippen molar-refractivity contribution in [3.8, 4) is 11.5 Å². The van der Waals surface area contributed by atoms with Crippen molar-refractivity contribution in [2.24, 2.45) is 11.5 Å². The molecule has 45 heavy (non-hydrogen) atoms. The summed E-state index contributed by atoms with van der Waals surface area (Å²) in [6, 6.07) is 18.6. The van der Waals surface area contributed by atoms with E-state index in [1.807, 2.05) is 0 Å². The molecular weight excluding hydrogens is 643 g/mol. The van der Waals surface area contributed by atoms with Gasteiger partial charge >= 0.3 is 16.5 Å². The summed E-state index contributed by atoms with van der Waals surface area (Å²) in [6.45, 7) is 0. The quantitative estimate of drug-likeness (QED) is 0.153. The number of ether oxygens (including phenoxy) is 2. The minimum atomic E-state index is -1.17. The largest absolute Gasteiger partial charge is 2.00 e. The third kappa shape index (κ3) is 20.2. The number of methoxy groups -OCH3 is 2. The number of carbonyl (C=O) groups excluding carboxylic acids is 4. The van der Waals surface area contributed by atoms with Gasteiger partial charge in [-0.15, -0.1) is 0 Å². The van der Waals surface area contributed by atoms with Gasteiger partial charge < -0.3 is 62.6 Å². The number of nitrogens with two attached hydrogens (primary N) is 2. The van der Waals surface area contributed by atoms with Gasteiger partial charge in [0.05, 0.1) is 37.3 Å². The first-order chi connectivity index (χ1) is 19.1. The Kier molecular flexibility index (Phi) is 30.0. The van der Waals surface area contributed by atoms with E-state index in [-0.39, 0.29) is 49.5 Å². The number of hydrogen-bond donors (Lipinski definition) is 2. The van der Waals surface area contributed by atoms with Crippen molar-refractivity contribution in [1.82, 2.24) is 9.97 Å². The van der Waals surface area contributed by atoms with E-state index in [0.29, 0.717) is 22.6 Å². The summed E-state index contributed by atoms with van der Waals surface area (Å²) >= 11 is 0. The Morgan fingerprint density at radius 2 is 0.867 bits per heavy atom. The van der Waals surface area contributed by atoms with E-state index in [1.54, 1.807) is 60.9 Å². The van der Waals surface area contributed by atoms with Crippen LogP contribution in [0.25, 0.3) is 0 Å². The topological polar surface area (TPSA) is 340 Å². The van der Waals surface area contributed by atoms with Crippen LogP contribution in [0.1, 0.15) is 41.4 Å². The summed E-state index contributed by atoms with van der Waals surface area (Å²) < 4.78 is 9.67. The summed E-state index contributed by atoms with van der Waals surface area (Å²) in [7, 11) is 3.04. The number of rotatable bonds is 6. The van der Waals surface area contributed by atoms with Crippen LogP contribution in [0.4, 0.5) is 0 Å². The number of carboxylic acids is 2. The zero-order valence-electron chi connectivity index (χ0n) is 24.0. The molecule has 2 amide bonds. The third-order valence-corrected chi connectivity index (χ3v) is 4.54. The van der Waals surface area contributed by atoms with E-state index in [4.69, 9.17) is 20.9 Å². The number of aromatic nitrogens is 2. The maximum Gasteiger partial charge on any atom is 2.00 e. The second kappa shape index (κ2) is 27.4. The maximum absolute atomic E-state index is 10.4. The Bertz CT molecular complexity index is 1260. The summed E-state index contributed by atoms with van der Waals surface area (Å²) in [4.78, 5) is 48.7. The molecule has 0 saturated heterocycles. The van der Waals surface area contributed by atoms with Crippen molar-refractivity contribution in [3.05, 3.63) is 120 Å². The first kappa shape index (κ1) is 49.2. The van der Waals surface area contributed by atoms with Gasteiger partial charge in [0.15, 0.2) is 0 Å². The number of pyridine rings is 2. The molecule has 0 fully saturated rings. The van der Waals surface area contributed by atoms with Crippen molar-refractivity contribution < 1.29 is 77.3 Å². The molecule has 4 rings (SSSR count). The van der Waals surface area contributed by atoms with Crippen molar-refractivity contribution in [2.45, 2.75) is 0 Å². The number of carbonyl (C=O) groups is 4. The molecule has 0 aliphatic heterocycles. The zero-order chi connectivity index (χ0) is 29.9. The summed E-state index contributed by atoms with van der Waals surface area (Å²) in [6.07, 6.45) is 6.05. The molecule has 0 aliphatic carbocycles. The fourth-order valence-electron chi connectivity index (χ4n) is 2.47. The average molecular weight is 679 g/mol. The summed E-state index contributed by atoms with van der Waals surface area (Å²) in [5.74, 6) is -1.96.